The first-order valence-corrected chi connectivity index (χ1v) is 8.27. The zero-order valence-electron chi connectivity index (χ0n) is 11.6. The molecule has 112 valence electrons. The first-order chi connectivity index (χ1) is 10.1. The molecule has 0 spiro atoms. The van der Waals surface area contributed by atoms with Crippen LogP contribution < -0.4 is 0 Å². The van der Waals surface area contributed by atoms with Crippen LogP contribution in [0.3, 0.4) is 0 Å². The van der Waals surface area contributed by atoms with Gasteiger partial charge in [-0.05, 0) is 44.1 Å². The molecule has 21 heavy (non-hydrogen) atoms. The minimum Gasteiger partial charge on any atom is -0.331 e. The number of nitrogens with zero attached hydrogens (tertiary/aromatic N) is 2. The summed E-state index contributed by atoms with van der Waals surface area (Å²) in [6.07, 6.45) is 4.84. The third-order valence-electron chi connectivity index (χ3n) is 4.91. The average molecular weight is 326 g/mol. The van der Waals surface area contributed by atoms with E-state index in [1.165, 1.54) is 31.9 Å². The van der Waals surface area contributed by atoms with Gasteiger partial charge < -0.3 is 9.55 Å². The topological polar surface area (TPSA) is 24.0 Å². The van der Waals surface area contributed by atoms with Crippen molar-refractivity contribution in [3.05, 3.63) is 27.7 Å². The molecule has 1 aromatic heterocycles. The summed E-state index contributed by atoms with van der Waals surface area (Å²) >= 11 is 11.4. The quantitative estimate of drug-likeness (QED) is 0.791. The summed E-state index contributed by atoms with van der Waals surface area (Å²) in [7, 11) is 0. The van der Waals surface area contributed by atoms with E-state index in [0.717, 1.165) is 24.0 Å². The fourth-order valence-electron chi connectivity index (χ4n) is 3.97. The van der Waals surface area contributed by atoms with Gasteiger partial charge in [-0.15, -0.1) is 0 Å². The molecule has 2 fully saturated rings. The molecule has 3 nitrogen and oxygen atoms in total. The largest absolute Gasteiger partial charge is 0.331 e. The van der Waals surface area contributed by atoms with Gasteiger partial charge in [0.05, 0.1) is 22.1 Å². The average Bonchev–Trinajstić information content (AvgIpc) is 3.00. The van der Waals surface area contributed by atoms with Crippen LogP contribution in [0.4, 0.5) is 4.39 Å². The Kier molecular flexibility index (Phi) is 3.32. The number of hydrogen-bond donors (Lipinski definition) is 1. The van der Waals surface area contributed by atoms with Crippen molar-refractivity contribution in [2.75, 3.05) is 13.1 Å². The van der Waals surface area contributed by atoms with Gasteiger partial charge in [0, 0.05) is 18.7 Å². The van der Waals surface area contributed by atoms with Gasteiger partial charge >= 0.3 is 0 Å². The molecule has 2 aliphatic heterocycles. The summed E-state index contributed by atoms with van der Waals surface area (Å²) in [5.41, 5.74) is 1.65. The molecule has 1 N–H and O–H groups in total. The van der Waals surface area contributed by atoms with E-state index in [9.17, 15) is 4.39 Å². The maximum Gasteiger partial charge on any atom is 0.178 e. The van der Waals surface area contributed by atoms with Crippen molar-refractivity contribution < 1.29 is 4.39 Å². The lowest BCUT2D eigenvalue weighted by Gasteiger charge is -2.33. The molecular weight excluding hydrogens is 309 g/mol. The maximum atomic E-state index is 13.9. The Labute approximate surface area is 132 Å². The van der Waals surface area contributed by atoms with Crippen LogP contribution in [0, 0.1) is 10.6 Å². The number of H-pyrrole nitrogens is 1. The Morgan fingerprint density at radius 1 is 1.19 bits per heavy atom. The Balaban J connectivity index is 1.84. The van der Waals surface area contributed by atoms with Gasteiger partial charge in [0.15, 0.2) is 4.77 Å². The van der Waals surface area contributed by atoms with Crippen LogP contribution in [0.25, 0.3) is 11.0 Å². The Morgan fingerprint density at radius 2 is 2.05 bits per heavy atom. The van der Waals surface area contributed by atoms with Crippen LogP contribution in [0.5, 0.6) is 0 Å². The predicted octanol–water partition coefficient (Wildman–Crippen LogP) is 4.29. The number of aromatic amines is 1. The van der Waals surface area contributed by atoms with Crippen molar-refractivity contribution in [3.8, 4) is 0 Å². The Morgan fingerprint density at radius 3 is 2.90 bits per heavy atom. The number of hydrogen-bond acceptors (Lipinski definition) is 2. The third-order valence-corrected chi connectivity index (χ3v) is 5.50. The molecule has 4 rings (SSSR count). The molecule has 1 aromatic carbocycles. The summed E-state index contributed by atoms with van der Waals surface area (Å²) < 4.78 is 16.6. The van der Waals surface area contributed by atoms with Gasteiger partial charge in [0.1, 0.15) is 5.82 Å². The summed E-state index contributed by atoms with van der Waals surface area (Å²) in [4.78, 5) is 5.73. The lowest BCUT2D eigenvalue weighted by atomic mass is 9.99. The number of fused-ring (bicyclic) bond motifs is 2. The first-order valence-electron chi connectivity index (χ1n) is 7.48. The monoisotopic (exact) mass is 325 g/mol. The van der Waals surface area contributed by atoms with Gasteiger partial charge in [0.2, 0.25) is 0 Å². The molecule has 2 aliphatic rings. The number of nitrogens with one attached hydrogen (secondary N) is 1. The third kappa shape index (κ3) is 2.14. The Hall–Kier alpha value is -0.910. The summed E-state index contributed by atoms with van der Waals surface area (Å²) in [5.74, 6) is -0.384. The van der Waals surface area contributed by atoms with E-state index in [-0.39, 0.29) is 10.8 Å². The van der Waals surface area contributed by atoms with Crippen LogP contribution in [0.2, 0.25) is 5.02 Å². The number of rotatable bonds is 1. The fourth-order valence-corrected chi connectivity index (χ4v) is 4.48. The van der Waals surface area contributed by atoms with Gasteiger partial charge in [-0.2, -0.15) is 0 Å². The van der Waals surface area contributed by atoms with E-state index < -0.39 is 0 Å². The molecule has 2 atom stereocenters. The summed E-state index contributed by atoms with van der Waals surface area (Å²) in [6.45, 7) is 2.29. The number of benzene rings is 1. The molecule has 2 aromatic rings. The second-order valence-electron chi connectivity index (χ2n) is 6.04. The molecule has 2 unspecified atom stereocenters. The van der Waals surface area contributed by atoms with Gasteiger partial charge in [-0.1, -0.05) is 18.0 Å². The number of piperidine rings is 1. The molecule has 2 saturated heterocycles. The van der Waals surface area contributed by atoms with Gasteiger partial charge in [-0.3, -0.25) is 4.90 Å². The standard InChI is InChI=1S/C15H17ClFN3S/c16-9-7-11-14(8-10(9)17)20(15(21)18-11)13-4-6-19-5-2-1-3-12(13)19/h7-8,12-13H,1-6H2,(H,18,21). The van der Waals surface area contributed by atoms with E-state index in [1.54, 1.807) is 6.07 Å². The SMILES string of the molecule is Fc1cc2c(cc1Cl)[nH]c(=S)n2C1CCN2CCCCC12. The van der Waals surface area contributed by atoms with Crippen molar-refractivity contribution in [2.45, 2.75) is 37.8 Å². The molecule has 0 amide bonds. The lowest BCUT2D eigenvalue weighted by Crippen LogP contribution is -2.37. The maximum absolute atomic E-state index is 13.9. The highest BCUT2D eigenvalue weighted by Gasteiger charge is 2.37. The minimum atomic E-state index is -0.384. The van der Waals surface area contributed by atoms with Crippen molar-refractivity contribution in [2.24, 2.45) is 0 Å². The van der Waals surface area contributed by atoms with E-state index in [2.05, 4.69) is 14.5 Å². The molecular formula is C15H17ClFN3S. The van der Waals surface area contributed by atoms with Gasteiger partial charge in [0.25, 0.3) is 0 Å². The van der Waals surface area contributed by atoms with E-state index in [4.69, 9.17) is 23.8 Å². The molecule has 0 radical (unpaired) electrons. The molecule has 0 aliphatic carbocycles. The van der Waals surface area contributed by atoms with Crippen molar-refractivity contribution in [1.82, 2.24) is 14.5 Å². The highest BCUT2D eigenvalue weighted by molar-refractivity contribution is 7.71. The van der Waals surface area contributed by atoms with E-state index in [1.807, 2.05) is 0 Å². The van der Waals surface area contributed by atoms with Crippen molar-refractivity contribution >= 4 is 34.9 Å². The minimum absolute atomic E-state index is 0.136. The molecule has 0 saturated carbocycles. The highest BCUT2D eigenvalue weighted by Crippen LogP contribution is 2.37. The number of imidazole rings is 1. The Bertz CT molecular complexity index is 753. The summed E-state index contributed by atoms with van der Waals surface area (Å²) in [6, 6.07) is 4.01. The highest BCUT2D eigenvalue weighted by atomic mass is 35.5. The lowest BCUT2D eigenvalue weighted by molar-refractivity contribution is 0.174. The van der Waals surface area contributed by atoms with E-state index >= 15 is 0 Å². The smallest absolute Gasteiger partial charge is 0.178 e. The second kappa shape index (κ2) is 5.07. The molecule has 3 heterocycles. The zero-order chi connectivity index (χ0) is 14.6. The predicted molar refractivity (Wildman–Crippen MR) is 85.0 cm³/mol. The van der Waals surface area contributed by atoms with Crippen molar-refractivity contribution in [3.63, 3.8) is 0 Å². The van der Waals surface area contributed by atoms with Crippen LogP contribution in [0.1, 0.15) is 31.7 Å². The van der Waals surface area contributed by atoms with Crippen LogP contribution >= 0.6 is 23.8 Å². The van der Waals surface area contributed by atoms with E-state index in [0.29, 0.717) is 16.9 Å². The van der Waals surface area contributed by atoms with Gasteiger partial charge in [-0.25, -0.2) is 4.39 Å². The normalized spacial score (nSPS) is 26.4. The van der Waals surface area contributed by atoms with Crippen molar-refractivity contribution in [1.29, 1.82) is 0 Å². The molecule has 0 bridgehead atoms. The summed E-state index contributed by atoms with van der Waals surface area (Å²) in [5, 5.41) is 0.136. The van der Waals surface area contributed by atoms with Crippen LogP contribution in [-0.2, 0) is 0 Å². The zero-order valence-corrected chi connectivity index (χ0v) is 13.2. The van der Waals surface area contributed by atoms with Crippen LogP contribution in [0.15, 0.2) is 12.1 Å². The number of halogens is 2. The first kappa shape index (κ1) is 13.7. The second-order valence-corrected chi connectivity index (χ2v) is 6.83. The number of aromatic nitrogens is 2. The van der Waals surface area contributed by atoms with Crippen LogP contribution in [-0.4, -0.2) is 33.6 Å². The fraction of sp³-hybridized carbons (Fsp3) is 0.533. The molecule has 6 heteroatoms.